The third-order valence-corrected chi connectivity index (χ3v) is 3.86. The van der Waals surface area contributed by atoms with Gasteiger partial charge in [0.1, 0.15) is 0 Å². The smallest absolute Gasteiger partial charge is 0.251 e. The van der Waals surface area contributed by atoms with Crippen molar-refractivity contribution in [3.05, 3.63) is 64.7 Å². The van der Waals surface area contributed by atoms with Crippen molar-refractivity contribution >= 4 is 46.4 Å². The second kappa shape index (κ2) is 8.97. The minimum absolute atomic E-state index is 0.169. The molecule has 2 aromatic rings. The van der Waals surface area contributed by atoms with E-state index >= 15 is 0 Å². The van der Waals surface area contributed by atoms with Crippen molar-refractivity contribution in [3.8, 4) is 0 Å². The molecular formula is C20H22ClN3O2S. The molecule has 27 heavy (non-hydrogen) atoms. The van der Waals surface area contributed by atoms with E-state index in [0.717, 1.165) is 5.56 Å². The number of amides is 2. The van der Waals surface area contributed by atoms with Gasteiger partial charge in [-0.3, -0.25) is 9.59 Å². The summed E-state index contributed by atoms with van der Waals surface area (Å²) in [4.78, 5) is 24.3. The molecule has 2 aromatic carbocycles. The Morgan fingerprint density at radius 1 is 1.07 bits per heavy atom. The molecule has 7 heteroatoms. The molecule has 0 bridgehead atoms. The van der Waals surface area contributed by atoms with Crippen LogP contribution in [0, 0.1) is 0 Å². The van der Waals surface area contributed by atoms with Crippen molar-refractivity contribution in [1.29, 1.82) is 0 Å². The van der Waals surface area contributed by atoms with E-state index in [4.69, 9.17) is 23.8 Å². The molecule has 0 saturated carbocycles. The standard InChI is InChI=1S/C20H22ClN3O2S/c1-20(2,3)24-18(26)14-5-4-6-16(12-14)22-19(27)23-17(25)11-13-7-9-15(21)10-8-13/h4-10,12H,11H2,1-3H3,(H,24,26)(H2,22,23,25,27). The number of hydrogen-bond donors (Lipinski definition) is 3. The van der Waals surface area contributed by atoms with Gasteiger partial charge in [-0.05, 0) is 68.9 Å². The minimum atomic E-state index is -0.328. The fourth-order valence-electron chi connectivity index (χ4n) is 2.27. The lowest BCUT2D eigenvalue weighted by Crippen LogP contribution is -2.40. The summed E-state index contributed by atoms with van der Waals surface area (Å²) < 4.78 is 0. The van der Waals surface area contributed by atoms with Crippen LogP contribution in [0.4, 0.5) is 5.69 Å². The summed E-state index contributed by atoms with van der Waals surface area (Å²) in [5, 5.41) is 9.24. The molecule has 0 saturated heterocycles. The van der Waals surface area contributed by atoms with Gasteiger partial charge in [-0.2, -0.15) is 0 Å². The van der Waals surface area contributed by atoms with E-state index in [1.165, 1.54) is 0 Å². The normalized spacial score (nSPS) is 10.8. The van der Waals surface area contributed by atoms with Gasteiger partial charge in [0.25, 0.3) is 5.91 Å². The zero-order valence-electron chi connectivity index (χ0n) is 15.4. The van der Waals surface area contributed by atoms with Gasteiger partial charge in [-0.15, -0.1) is 0 Å². The third kappa shape index (κ3) is 7.37. The number of benzene rings is 2. The summed E-state index contributed by atoms with van der Waals surface area (Å²) in [5.41, 5.74) is 1.63. The van der Waals surface area contributed by atoms with Crippen molar-refractivity contribution in [2.45, 2.75) is 32.7 Å². The quantitative estimate of drug-likeness (QED) is 0.676. The molecule has 0 atom stereocenters. The highest BCUT2D eigenvalue weighted by atomic mass is 35.5. The van der Waals surface area contributed by atoms with Gasteiger partial charge >= 0.3 is 0 Å². The Labute approximate surface area is 169 Å². The third-order valence-electron chi connectivity index (χ3n) is 3.40. The average Bonchev–Trinajstić information content (AvgIpc) is 2.55. The molecule has 2 amide bonds. The van der Waals surface area contributed by atoms with E-state index in [9.17, 15) is 9.59 Å². The molecule has 0 aliphatic rings. The van der Waals surface area contributed by atoms with Crippen LogP contribution in [0.1, 0.15) is 36.7 Å². The van der Waals surface area contributed by atoms with Crippen molar-refractivity contribution in [2.75, 3.05) is 5.32 Å². The largest absolute Gasteiger partial charge is 0.347 e. The van der Waals surface area contributed by atoms with E-state index < -0.39 is 0 Å². The van der Waals surface area contributed by atoms with Crippen LogP contribution in [0.25, 0.3) is 0 Å². The molecule has 2 rings (SSSR count). The zero-order chi connectivity index (χ0) is 20.0. The molecule has 142 valence electrons. The Kier molecular flexibility index (Phi) is 6.93. The number of carbonyl (C=O) groups excluding carboxylic acids is 2. The van der Waals surface area contributed by atoms with Crippen LogP contribution in [0.2, 0.25) is 5.02 Å². The highest BCUT2D eigenvalue weighted by molar-refractivity contribution is 7.80. The first kappa shape index (κ1) is 20.9. The molecule has 0 aliphatic carbocycles. The molecule has 0 aliphatic heterocycles. The topological polar surface area (TPSA) is 70.2 Å². The predicted octanol–water partition coefficient (Wildman–Crippen LogP) is 3.92. The number of anilines is 1. The van der Waals surface area contributed by atoms with Crippen LogP contribution >= 0.6 is 23.8 Å². The second-order valence-corrected chi connectivity index (χ2v) is 7.94. The molecule has 0 unspecified atom stereocenters. The van der Waals surface area contributed by atoms with E-state index in [0.29, 0.717) is 16.3 Å². The lowest BCUT2D eigenvalue weighted by molar-refractivity contribution is -0.119. The molecule has 0 aromatic heterocycles. The lowest BCUT2D eigenvalue weighted by Gasteiger charge is -2.20. The minimum Gasteiger partial charge on any atom is -0.347 e. The highest BCUT2D eigenvalue weighted by Crippen LogP contribution is 2.13. The van der Waals surface area contributed by atoms with Crippen molar-refractivity contribution in [3.63, 3.8) is 0 Å². The van der Waals surface area contributed by atoms with Crippen molar-refractivity contribution in [2.24, 2.45) is 0 Å². The highest BCUT2D eigenvalue weighted by Gasteiger charge is 2.15. The lowest BCUT2D eigenvalue weighted by atomic mass is 10.1. The maximum atomic E-state index is 12.3. The fraction of sp³-hybridized carbons (Fsp3) is 0.250. The van der Waals surface area contributed by atoms with Gasteiger partial charge in [0, 0.05) is 21.8 Å². The van der Waals surface area contributed by atoms with Crippen LogP contribution in [0.3, 0.4) is 0 Å². The van der Waals surface area contributed by atoms with E-state index in [1.807, 2.05) is 20.8 Å². The Balaban J connectivity index is 1.93. The first-order valence-electron chi connectivity index (χ1n) is 8.40. The van der Waals surface area contributed by atoms with Gasteiger partial charge < -0.3 is 16.0 Å². The SMILES string of the molecule is CC(C)(C)NC(=O)c1cccc(NC(=S)NC(=O)Cc2ccc(Cl)cc2)c1. The molecule has 3 N–H and O–H groups in total. The van der Waals surface area contributed by atoms with Crippen LogP contribution < -0.4 is 16.0 Å². The zero-order valence-corrected chi connectivity index (χ0v) is 17.0. The molecule has 5 nitrogen and oxygen atoms in total. The molecule has 0 fully saturated rings. The van der Waals surface area contributed by atoms with Gasteiger partial charge in [-0.25, -0.2) is 0 Å². The number of nitrogens with one attached hydrogen (secondary N) is 3. The second-order valence-electron chi connectivity index (χ2n) is 7.09. The van der Waals surface area contributed by atoms with Crippen LogP contribution in [-0.4, -0.2) is 22.5 Å². The van der Waals surface area contributed by atoms with Gasteiger partial charge in [0.15, 0.2) is 5.11 Å². The number of hydrogen-bond acceptors (Lipinski definition) is 3. The number of carbonyl (C=O) groups is 2. The number of rotatable bonds is 4. The predicted molar refractivity (Wildman–Crippen MR) is 113 cm³/mol. The summed E-state index contributed by atoms with van der Waals surface area (Å²) >= 11 is 11.0. The summed E-state index contributed by atoms with van der Waals surface area (Å²) in [5.74, 6) is -0.416. The molecule has 0 radical (unpaired) electrons. The maximum absolute atomic E-state index is 12.3. The Bertz CT molecular complexity index is 845. The molecular weight excluding hydrogens is 382 g/mol. The molecule has 0 heterocycles. The van der Waals surface area contributed by atoms with Crippen molar-refractivity contribution in [1.82, 2.24) is 10.6 Å². The summed E-state index contributed by atoms with van der Waals surface area (Å²) in [6, 6.07) is 14.0. The van der Waals surface area contributed by atoms with E-state index in [-0.39, 0.29) is 28.9 Å². The van der Waals surface area contributed by atoms with Crippen LogP contribution in [0.15, 0.2) is 48.5 Å². The van der Waals surface area contributed by atoms with Crippen molar-refractivity contribution < 1.29 is 9.59 Å². The van der Waals surface area contributed by atoms with E-state index in [2.05, 4.69) is 16.0 Å². The van der Waals surface area contributed by atoms with Crippen LogP contribution in [-0.2, 0) is 11.2 Å². The Morgan fingerprint density at radius 3 is 2.37 bits per heavy atom. The van der Waals surface area contributed by atoms with Gasteiger partial charge in [0.05, 0.1) is 6.42 Å². The van der Waals surface area contributed by atoms with Gasteiger partial charge in [-0.1, -0.05) is 29.8 Å². The fourth-order valence-corrected chi connectivity index (χ4v) is 2.63. The Hall–Kier alpha value is -2.44. The maximum Gasteiger partial charge on any atom is 0.251 e. The van der Waals surface area contributed by atoms with E-state index in [1.54, 1.807) is 48.5 Å². The van der Waals surface area contributed by atoms with Crippen LogP contribution in [0.5, 0.6) is 0 Å². The number of thiocarbonyl (C=S) groups is 1. The summed E-state index contributed by atoms with van der Waals surface area (Å²) in [7, 11) is 0. The first-order valence-corrected chi connectivity index (χ1v) is 9.19. The average molecular weight is 404 g/mol. The summed E-state index contributed by atoms with van der Waals surface area (Å²) in [6.45, 7) is 5.75. The van der Waals surface area contributed by atoms with Gasteiger partial charge in [0.2, 0.25) is 5.91 Å². The number of halogens is 1. The monoisotopic (exact) mass is 403 g/mol. The Morgan fingerprint density at radius 2 is 1.74 bits per heavy atom. The summed E-state index contributed by atoms with van der Waals surface area (Å²) in [6.07, 6.45) is 0.188. The molecule has 0 spiro atoms. The first-order chi connectivity index (χ1) is 12.6.